The molecule has 0 amide bonds. The van der Waals surface area contributed by atoms with E-state index in [-0.39, 0.29) is 6.10 Å². The van der Waals surface area contributed by atoms with Gasteiger partial charge in [-0.3, -0.25) is 0 Å². The summed E-state index contributed by atoms with van der Waals surface area (Å²) in [6.07, 6.45) is 0.176. The van der Waals surface area contributed by atoms with Crippen molar-refractivity contribution in [1.29, 1.82) is 0 Å². The van der Waals surface area contributed by atoms with Gasteiger partial charge < -0.3 is 15.4 Å². The van der Waals surface area contributed by atoms with Crippen LogP contribution >= 0.6 is 0 Å². The third kappa shape index (κ3) is 2.32. The van der Waals surface area contributed by atoms with Crippen molar-refractivity contribution in [2.75, 3.05) is 31.6 Å². The summed E-state index contributed by atoms with van der Waals surface area (Å²) >= 11 is 0. The van der Waals surface area contributed by atoms with E-state index in [1.807, 2.05) is 12.1 Å². The van der Waals surface area contributed by atoms with E-state index in [1.165, 1.54) is 4.63 Å². The Balaban J connectivity index is 1.63. The fourth-order valence-corrected chi connectivity index (χ4v) is 1.71. The van der Waals surface area contributed by atoms with Crippen molar-refractivity contribution in [1.82, 2.24) is 30.6 Å². The van der Waals surface area contributed by atoms with Crippen LogP contribution in [0.1, 0.15) is 0 Å². The first kappa shape index (κ1) is 10.4. The third-order valence-electron chi connectivity index (χ3n) is 2.58. The molecule has 0 saturated carbocycles. The van der Waals surface area contributed by atoms with Crippen LogP contribution in [0.4, 0.5) is 5.82 Å². The lowest BCUT2D eigenvalue weighted by Crippen LogP contribution is -2.42. The summed E-state index contributed by atoms with van der Waals surface area (Å²) < 4.78 is 6.96. The number of aromatic nitrogens is 5. The minimum Gasteiger partial charge on any atom is -0.374 e. The lowest BCUT2D eigenvalue weighted by atomic mass is 10.3. The highest BCUT2D eigenvalue weighted by Gasteiger charge is 2.13. The first-order valence-electron chi connectivity index (χ1n) is 5.53. The number of anilines is 1. The second-order valence-electron chi connectivity index (χ2n) is 3.82. The van der Waals surface area contributed by atoms with Crippen LogP contribution < -0.4 is 10.6 Å². The van der Waals surface area contributed by atoms with Crippen LogP contribution in [0.15, 0.2) is 12.1 Å². The second kappa shape index (κ2) is 4.60. The first-order valence-corrected chi connectivity index (χ1v) is 5.53. The Kier molecular flexibility index (Phi) is 2.80. The average Bonchev–Trinajstić information content (AvgIpc) is 2.85. The monoisotopic (exact) mass is 235 g/mol. The fourth-order valence-electron chi connectivity index (χ4n) is 1.71. The van der Waals surface area contributed by atoms with E-state index < -0.39 is 0 Å². The SMILES string of the molecule is c1cc2nnnn2nc1NCC1CNCCO1. The summed E-state index contributed by atoms with van der Waals surface area (Å²) in [6, 6.07) is 3.66. The third-order valence-corrected chi connectivity index (χ3v) is 2.58. The number of nitrogens with one attached hydrogen (secondary N) is 2. The van der Waals surface area contributed by atoms with Gasteiger partial charge in [0.1, 0.15) is 5.82 Å². The van der Waals surface area contributed by atoms with E-state index in [4.69, 9.17) is 4.74 Å². The molecular weight excluding hydrogens is 222 g/mol. The first-order chi connectivity index (χ1) is 8.42. The number of fused-ring (bicyclic) bond motifs is 1. The van der Waals surface area contributed by atoms with Gasteiger partial charge in [0.2, 0.25) is 0 Å². The summed E-state index contributed by atoms with van der Waals surface area (Å²) in [5, 5.41) is 21.7. The Morgan fingerprint density at radius 3 is 3.41 bits per heavy atom. The Morgan fingerprint density at radius 1 is 1.53 bits per heavy atom. The minimum absolute atomic E-state index is 0.176. The molecule has 1 atom stereocenters. The van der Waals surface area contributed by atoms with Crippen LogP contribution in [0.3, 0.4) is 0 Å². The molecule has 2 aromatic heterocycles. The zero-order chi connectivity index (χ0) is 11.5. The zero-order valence-corrected chi connectivity index (χ0v) is 9.20. The molecule has 1 fully saturated rings. The maximum absolute atomic E-state index is 5.57. The van der Waals surface area contributed by atoms with Crippen molar-refractivity contribution >= 4 is 11.5 Å². The Hall–Kier alpha value is -1.80. The van der Waals surface area contributed by atoms with E-state index in [1.54, 1.807) is 0 Å². The van der Waals surface area contributed by atoms with Gasteiger partial charge in [0.15, 0.2) is 5.65 Å². The van der Waals surface area contributed by atoms with Crippen LogP contribution in [0.25, 0.3) is 5.65 Å². The summed E-state index contributed by atoms with van der Waals surface area (Å²) in [7, 11) is 0. The maximum Gasteiger partial charge on any atom is 0.200 e. The van der Waals surface area contributed by atoms with Gasteiger partial charge in [0.05, 0.1) is 12.7 Å². The molecule has 2 N–H and O–H groups in total. The van der Waals surface area contributed by atoms with Crippen molar-refractivity contribution in [3.8, 4) is 0 Å². The van der Waals surface area contributed by atoms with E-state index in [0.717, 1.165) is 25.5 Å². The van der Waals surface area contributed by atoms with Crippen LogP contribution in [0.2, 0.25) is 0 Å². The highest BCUT2D eigenvalue weighted by Crippen LogP contribution is 2.04. The van der Waals surface area contributed by atoms with E-state index >= 15 is 0 Å². The molecule has 90 valence electrons. The van der Waals surface area contributed by atoms with Gasteiger partial charge in [-0.05, 0) is 22.6 Å². The summed E-state index contributed by atoms with van der Waals surface area (Å²) in [5.74, 6) is 0.735. The number of ether oxygens (including phenoxy) is 1. The molecule has 8 heteroatoms. The Bertz CT molecular complexity index is 493. The molecule has 1 aliphatic heterocycles. The minimum atomic E-state index is 0.176. The molecule has 0 aliphatic carbocycles. The van der Waals surface area contributed by atoms with Crippen LogP contribution in [-0.4, -0.2) is 57.6 Å². The predicted octanol–water partition coefficient (Wildman–Crippen LogP) is -1.08. The highest BCUT2D eigenvalue weighted by atomic mass is 16.5. The van der Waals surface area contributed by atoms with Crippen molar-refractivity contribution in [2.24, 2.45) is 0 Å². The zero-order valence-electron chi connectivity index (χ0n) is 9.20. The van der Waals surface area contributed by atoms with Crippen LogP contribution in [0.5, 0.6) is 0 Å². The van der Waals surface area contributed by atoms with Gasteiger partial charge in [0, 0.05) is 19.6 Å². The number of hydrogen-bond donors (Lipinski definition) is 2. The smallest absolute Gasteiger partial charge is 0.200 e. The molecule has 8 nitrogen and oxygen atoms in total. The van der Waals surface area contributed by atoms with Gasteiger partial charge in [-0.25, -0.2) is 0 Å². The van der Waals surface area contributed by atoms with Crippen molar-refractivity contribution in [3.63, 3.8) is 0 Å². The number of morpholine rings is 1. The van der Waals surface area contributed by atoms with Gasteiger partial charge in [-0.2, -0.15) is 0 Å². The average molecular weight is 235 g/mol. The van der Waals surface area contributed by atoms with Crippen LogP contribution in [-0.2, 0) is 4.74 Å². The Labute approximate surface area is 97.3 Å². The summed E-state index contributed by atoms with van der Waals surface area (Å²) in [6.45, 7) is 3.25. The number of hydrogen-bond acceptors (Lipinski definition) is 7. The Morgan fingerprint density at radius 2 is 2.53 bits per heavy atom. The molecule has 0 bridgehead atoms. The van der Waals surface area contributed by atoms with E-state index in [9.17, 15) is 0 Å². The van der Waals surface area contributed by atoms with E-state index in [2.05, 4.69) is 31.3 Å². The van der Waals surface area contributed by atoms with Crippen molar-refractivity contribution in [3.05, 3.63) is 12.1 Å². The maximum atomic E-state index is 5.57. The van der Waals surface area contributed by atoms with Gasteiger partial charge in [-0.1, -0.05) is 0 Å². The standard InChI is InChI=1S/C9H13N7O/c1-2-9-12-14-15-16(9)13-8(1)11-6-7-5-10-3-4-17-7/h1-2,7,10H,3-6H2,(H,11,13). The molecule has 3 heterocycles. The van der Waals surface area contributed by atoms with E-state index in [0.29, 0.717) is 12.2 Å². The molecule has 0 aromatic carbocycles. The van der Waals surface area contributed by atoms with Crippen molar-refractivity contribution < 1.29 is 4.74 Å². The summed E-state index contributed by atoms with van der Waals surface area (Å²) in [5.41, 5.74) is 0.631. The normalized spacial score (nSPS) is 20.6. The molecule has 2 aromatic rings. The van der Waals surface area contributed by atoms with Crippen LogP contribution in [0, 0.1) is 0 Å². The number of nitrogens with zero attached hydrogens (tertiary/aromatic N) is 5. The molecule has 0 spiro atoms. The molecule has 0 radical (unpaired) electrons. The van der Waals surface area contributed by atoms with Crippen molar-refractivity contribution in [2.45, 2.75) is 6.10 Å². The molecule has 3 rings (SSSR count). The molecule has 1 unspecified atom stereocenters. The highest BCUT2D eigenvalue weighted by molar-refractivity contribution is 5.42. The second-order valence-corrected chi connectivity index (χ2v) is 3.82. The molecule has 17 heavy (non-hydrogen) atoms. The lowest BCUT2D eigenvalue weighted by Gasteiger charge is -2.23. The molecule has 1 aliphatic rings. The van der Waals surface area contributed by atoms with Gasteiger partial charge in [0.25, 0.3) is 0 Å². The largest absolute Gasteiger partial charge is 0.374 e. The fraction of sp³-hybridized carbons (Fsp3) is 0.556. The number of tetrazole rings is 1. The van der Waals surface area contributed by atoms with Gasteiger partial charge >= 0.3 is 0 Å². The molecular formula is C9H13N7O. The topological polar surface area (TPSA) is 89.3 Å². The molecule has 1 saturated heterocycles. The summed E-state index contributed by atoms with van der Waals surface area (Å²) in [4.78, 5) is 0. The lowest BCUT2D eigenvalue weighted by molar-refractivity contribution is 0.0372. The predicted molar refractivity (Wildman–Crippen MR) is 59.7 cm³/mol. The van der Waals surface area contributed by atoms with Gasteiger partial charge in [-0.15, -0.1) is 14.8 Å². The quantitative estimate of drug-likeness (QED) is 0.699. The number of rotatable bonds is 3.